The maximum atomic E-state index is 5.30. The van der Waals surface area contributed by atoms with Crippen LogP contribution in [0.2, 0.25) is 0 Å². The minimum atomic E-state index is 0.364. The molecule has 0 fully saturated rings. The summed E-state index contributed by atoms with van der Waals surface area (Å²) < 4.78 is 7.21. The van der Waals surface area contributed by atoms with Gasteiger partial charge in [-0.15, -0.1) is 11.3 Å². The number of rotatable bonds is 11. The summed E-state index contributed by atoms with van der Waals surface area (Å²) in [6.45, 7) is 0. The second-order valence-corrected chi connectivity index (χ2v) is 25.3. The molecule has 1 aliphatic rings. The normalized spacial score (nSPS) is 13.0. The highest BCUT2D eigenvalue weighted by Crippen LogP contribution is 2.49. The van der Waals surface area contributed by atoms with E-state index in [4.69, 9.17) is 9.97 Å². The van der Waals surface area contributed by atoms with Gasteiger partial charge in [0.05, 0.1) is 38.0 Å². The van der Waals surface area contributed by atoms with E-state index in [0.717, 1.165) is 57.5 Å². The molecule has 1 atom stereocenters. The third-order valence-electron chi connectivity index (χ3n) is 19.0. The Balaban J connectivity index is 0.671. The van der Waals surface area contributed by atoms with E-state index in [1.807, 2.05) is 6.07 Å². The molecular formula is C86H58N4S. The van der Waals surface area contributed by atoms with E-state index in [1.165, 1.54) is 132 Å². The maximum Gasteiger partial charge on any atom is 0.160 e. The van der Waals surface area contributed by atoms with Gasteiger partial charge in [0.25, 0.3) is 0 Å². The summed E-state index contributed by atoms with van der Waals surface area (Å²) >= 11 is 1.80. The van der Waals surface area contributed by atoms with Gasteiger partial charge in [0.1, 0.15) is 0 Å². The molecule has 428 valence electrons. The average Bonchev–Trinajstić information content (AvgIpc) is 1.80. The first-order valence-corrected chi connectivity index (χ1v) is 32.4. The van der Waals surface area contributed by atoms with E-state index in [0.29, 0.717) is 5.92 Å². The number of nitrogens with zero attached hydrogens (tertiary/aromatic N) is 4. The van der Waals surface area contributed by atoms with E-state index in [9.17, 15) is 0 Å². The van der Waals surface area contributed by atoms with Gasteiger partial charge in [0.15, 0.2) is 5.82 Å². The van der Waals surface area contributed by atoms with Crippen LogP contribution < -0.4 is 0 Å². The zero-order chi connectivity index (χ0) is 59.9. The molecule has 0 bridgehead atoms. The average molecular weight is 1180 g/mol. The highest BCUT2D eigenvalue weighted by molar-refractivity contribution is 7.26. The number of hydrogen-bond donors (Lipinski definition) is 0. The lowest BCUT2D eigenvalue weighted by Gasteiger charge is -2.30. The standard InChI is InChI=1S/C86H58N4S/c1-5-22-56(23-6-1)59-43-46-79-75(52-59)76-54-61(60-44-47-78-74(53-60)71-35-15-16-40-77(71)89(78)66-31-11-4-12-32-66)45-48-80(76)90(79)67-33-17-21-55(49-67)41-42-64-51-65-30-19-37-69(81(65)72-36-14-13-34-68(64)72)62-28-18-29-63(50-62)70-38-20-39-73-83-85(91-84(70)73)82(57-24-7-2-8-25-57)87-86(88-83)58-26-9-3-10-27-58/h1-40,43-50,52-54,64H,41-42,51H2. The van der Waals surface area contributed by atoms with Crippen molar-refractivity contribution in [1.29, 1.82) is 0 Å². The predicted octanol–water partition coefficient (Wildman–Crippen LogP) is 23.0. The molecule has 17 aromatic rings. The molecule has 1 unspecified atom stereocenters. The van der Waals surface area contributed by atoms with Crippen LogP contribution in [-0.4, -0.2) is 19.1 Å². The van der Waals surface area contributed by atoms with Gasteiger partial charge >= 0.3 is 0 Å². The van der Waals surface area contributed by atoms with Gasteiger partial charge in [-0.05, 0) is 170 Å². The summed E-state index contributed by atoms with van der Waals surface area (Å²) in [6.07, 6.45) is 2.98. The van der Waals surface area contributed by atoms with Crippen LogP contribution in [0.1, 0.15) is 29.0 Å². The first-order chi connectivity index (χ1) is 45.1. The summed E-state index contributed by atoms with van der Waals surface area (Å²) in [4.78, 5) is 10.5. The quantitative estimate of drug-likeness (QED) is 0.129. The Hall–Kier alpha value is -11.2. The summed E-state index contributed by atoms with van der Waals surface area (Å²) in [5, 5.41) is 6.14. The third kappa shape index (κ3) is 9.02. The fourth-order valence-corrected chi connectivity index (χ4v) is 16.1. The lowest BCUT2D eigenvalue weighted by Crippen LogP contribution is -2.13. The van der Waals surface area contributed by atoms with Crippen molar-refractivity contribution in [2.24, 2.45) is 0 Å². The van der Waals surface area contributed by atoms with Crippen molar-refractivity contribution in [1.82, 2.24) is 19.1 Å². The van der Waals surface area contributed by atoms with Gasteiger partial charge in [-0.2, -0.15) is 0 Å². The summed E-state index contributed by atoms with van der Waals surface area (Å²) in [5.41, 5.74) is 27.8. The Morgan fingerprint density at radius 1 is 0.341 bits per heavy atom. The molecule has 0 N–H and O–H groups in total. The van der Waals surface area contributed by atoms with Gasteiger partial charge < -0.3 is 9.13 Å². The molecule has 4 aromatic heterocycles. The molecule has 4 nitrogen and oxygen atoms in total. The zero-order valence-electron chi connectivity index (χ0n) is 49.8. The molecule has 0 aliphatic heterocycles. The highest BCUT2D eigenvalue weighted by atomic mass is 32.1. The number of hydrogen-bond acceptors (Lipinski definition) is 3. The maximum absolute atomic E-state index is 5.30. The topological polar surface area (TPSA) is 35.6 Å². The van der Waals surface area contributed by atoms with Gasteiger partial charge in [-0.1, -0.05) is 237 Å². The minimum absolute atomic E-state index is 0.364. The van der Waals surface area contributed by atoms with Crippen molar-refractivity contribution < 1.29 is 0 Å². The van der Waals surface area contributed by atoms with Gasteiger partial charge in [0.2, 0.25) is 0 Å². The minimum Gasteiger partial charge on any atom is -0.309 e. The molecule has 13 aromatic carbocycles. The number of benzene rings is 13. The first kappa shape index (κ1) is 52.8. The Morgan fingerprint density at radius 2 is 0.857 bits per heavy atom. The van der Waals surface area contributed by atoms with Crippen molar-refractivity contribution in [2.45, 2.75) is 25.2 Å². The van der Waals surface area contributed by atoms with E-state index < -0.39 is 0 Å². The summed E-state index contributed by atoms with van der Waals surface area (Å²) in [5.74, 6) is 1.10. The van der Waals surface area contributed by atoms with Crippen molar-refractivity contribution in [3.8, 4) is 89.7 Å². The first-order valence-electron chi connectivity index (χ1n) is 31.6. The van der Waals surface area contributed by atoms with Crippen LogP contribution in [0.15, 0.2) is 309 Å². The molecule has 0 spiro atoms. The van der Waals surface area contributed by atoms with E-state index in [-0.39, 0.29) is 0 Å². The summed E-state index contributed by atoms with van der Waals surface area (Å²) in [6, 6.07) is 114. The Kier molecular flexibility index (Phi) is 12.7. The van der Waals surface area contributed by atoms with Crippen LogP contribution in [-0.2, 0) is 12.8 Å². The van der Waals surface area contributed by atoms with Gasteiger partial charge in [0, 0.05) is 54.1 Å². The molecule has 5 heteroatoms. The highest BCUT2D eigenvalue weighted by Gasteiger charge is 2.28. The molecule has 1 aliphatic carbocycles. The molecule has 0 amide bonds. The van der Waals surface area contributed by atoms with Gasteiger partial charge in [-0.25, -0.2) is 9.97 Å². The molecular weight excluding hydrogens is 1120 g/mol. The molecule has 18 rings (SSSR count). The molecule has 0 radical (unpaired) electrons. The fraction of sp³-hybridized carbons (Fsp3) is 0.0465. The molecule has 4 heterocycles. The predicted molar refractivity (Wildman–Crippen MR) is 383 cm³/mol. The lowest BCUT2D eigenvalue weighted by molar-refractivity contribution is 0.616. The van der Waals surface area contributed by atoms with Crippen LogP contribution in [0.4, 0.5) is 0 Å². The number of aromatic nitrogens is 4. The molecule has 0 saturated heterocycles. The second-order valence-electron chi connectivity index (χ2n) is 24.3. The Bertz CT molecular complexity index is 5680. The van der Waals surface area contributed by atoms with Crippen LogP contribution in [0, 0.1) is 0 Å². The Morgan fingerprint density at radius 3 is 1.59 bits per heavy atom. The largest absolute Gasteiger partial charge is 0.309 e. The molecule has 0 saturated carbocycles. The summed E-state index contributed by atoms with van der Waals surface area (Å²) in [7, 11) is 0. The number of para-hydroxylation sites is 2. The number of aryl methyl sites for hydroxylation is 1. The van der Waals surface area contributed by atoms with Crippen LogP contribution >= 0.6 is 11.3 Å². The van der Waals surface area contributed by atoms with Crippen LogP contribution in [0.3, 0.4) is 0 Å². The third-order valence-corrected chi connectivity index (χ3v) is 20.3. The number of fused-ring (bicyclic) bond motifs is 12. The fourth-order valence-electron chi connectivity index (χ4n) is 14.8. The van der Waals surface area contributed by atoms with E-state index >= 15 is 0 Å². The Labute approximate surface area is 531 Å². The second kappa shape index (κ2) is 21.8. The van der Waals surface area contributed by atoms with Crippen molar-refractivity contribution in [2.75, 3.05) is 0 Å². The van der Waals surface area contributed by atoms with E-state index in [1.54, 1.807) is 11.3 Å². The SMILES string of the molecule is c1ccc(-c2ccc3c(c2)c2cc(-c4ccc5c(c4)c4ccccc4n5-c4ccccc4)ccc2n3-c2cccc(CCC3Cc4cccc(-c5cccc(-c6cccc7c6sc6c(-c8ccccc8)nc(-c8ccccc8)nc67)c5)c4-c4ccccc43)c2)cc1. The van der Waals surface area contributed by atoms with E-state index in [2.05, 4.69) is 312 Å². The van der Waals surface area contributed by atoms with Crippen molar-refractivity contribution >= 4 is 75.3 Å². The number of thiophene rings is 1. The molecule has 91 heavy (non-hydrogen) atoms. The monoisotopic (exact) mass is 1180 g/mol. The smallest absolute Gasteiger partial charge is 0.160 e. The van der Waals surface area contributed by atoms with Crippen molar-refractivity contribution in [3.63, 3.8) is 0 Å². The lowest BCUT2D eigenvalue weighted by atomic mass is 9.74. The van der Waals surface area contributed by atoms with Gasteiger partial charge in [-0.3, -0.25) is 0 Å². The van der Waals surface area contributed by atoms with Crippen molar-refractivity contribution in [3.05, 3.63) is 326 Å². The zero-order valence-corrected chi connectivity index (χ0v) is 50.7. The van der Waals surface area contributed by atoms with Crippen LogP contribution in [0.5, 0.6) is 0 Å². The van der Waals surface area contributed by atoms with Crippen LogP contribution in [0.25, 0.3) is 154 Å².